The molecule has 2 N–H and O–H groups in total. The lowest BCUT2D eigenvalue weighted by Crippen LogP contribution is -2.72. The van der Waals surface area contributed by atoms with E-state index in [9.17, 15) is 9.59 Å². The Hall–Kier alpha value is -1.06. The van der Waals surface area contributed by atoms with Gasteiger partial charge in [0.25, 0.3) is 0 Å². The summed E-state index contributed by atoms with van der Waals surface area (Å²) >= 11 is 0. The van der Waals surface area contributed by atoms with E-state index in [0.717, 1.165) is 6.42 Å². The zero-order valence-electron chi connectivity index (χ0n) is 7.18. The summed E-state index contributed by atoms with van der Waals surface area (Å²) in [5, 5.41) is 5.56. The molecule has 3 saturated heterocycles. The van der Waals surface area contributed by atoms with E-state index in [2.05, 4.69) is 10.6 Å². The first kappa shape index (κ1) is 7.58. The van der Waals surface area contributed by atoms with Crippen LogP contribution in [0, 0.1) is 11.8 Å². The number of piperidine rings is 2. The maximum absolute atomic E-state index is 11.3. The van der Waals surface area contributed by atoms with Gasteiger partial charge in [0.2, 0.25) is 11.8 Å². The molecule has 4 nitrogen and oxygen atoms in total. The zero-order valence-corrected chi connectivity index (χ0v) is 7.18. The first-order valence-corrected chi connectivity index (χ1v) is 4.16. The van der Waals surface area contributed by atoms with Crippen molar-refractivity contribution in [3.05, 3.63) is 0 Å². The van der Waals surface area contributed by atoms with Crippen molar-refractivity contribution >= 4 is 11.8 Å². The molecule has 2 bridgehead atoms. The Morgan fingerprint density at radius 1 is 1.33 bits per heavy atom. The molecule has 12 heavy (non-hydrogen) atoms. The molecular weight excluding hydrogens is 156 g/mol. The van der Waals surface area contributed by atoms with Crippen molar-refractivity contribution in [2.45, 2.75) is 25.9 Å². The molecule has 3 rings (SSSR count). The number of nitrogens with one attached hydrogen (secondary N) is 2. The summed E-state index contributed by atoms with van der Waals surface area (Å²) < 4.78 is 0. The van der Waals surface area contributed by atoms with Crippen LogP contribution < -0.4 is 10.6 Å². The predicted octanol–water partition coefficient (Wildman–Crippen LogP) is -0.395. The number of carbonyl (C=O) groups excluding carboxylic acids is 2. The molecule has 3 aliphatic rings. The number of carbonyl (C=O) groups is 2. The molecule has 66 valence electrons. The fraction of sp³-hybridized carbons (Fsp3) is 0.750. The maximum atomic E-state index is 11.3. The summed E-state index contributed by atoms with van der Waals surface area (Å²) in [4.78, 5) is 22.6. The minimum Gasteiger partial charge on any atom is -0.333 e. The standard InChI is InChI=1S/C8H12N2O2/c1-4-3-8(2)9-6(11)5(4)7(12)10-8/h4-5H,3H2,1-2H3,(H,9,11)(H,10,12). The van der Waals surface area contributed by atoms with Gasteiger partial charge in [-0.25, -0.2) is 0 Å². The third-order valence-corrected chi connectivity index (χ3v) is 2.66. The van der Waals surface area contributed by atoms with Gasteiger partial charge in [0.15, 0.2) is 0 Å². The number of fused-ring (bicyclic) bond motifs is 3. The molecule has 0 spiro atoms. The monoisotopic (exact) mass is 168 g/mol. The second-order valence-corrected chi connectivity index (χ2v) is 3.97. The molecule has 0 aromatic heterocycles. The van der Waals surface area contributed by atoms with E-state index in [0.29, 0.717) is 0 Å². The van der Waals surface area contributed by atoms with Gasteiger partial charge in [-0.1, -0.05) is 6.92 Å². The van der Waals surface area contributed by atoms with Gasteiger partial charge in [-0.3, -0.25) is 9.59 Å². The second-order valence-electron chi connectivity index (χ2n) is 3.97. The van der Waals surface area contributed by atoms with Crippen LogP contribution >= 0.6 is 0 Å². The third-order valence-electron chi connectivity index (χ3n) is 2.66. The molecule has 3 heterocycles. The predicted molar refractivity (Wildman–Crippen MR) is 42.0 cm³/mol. The van der Waals surface area contributed by atoms with E-state index < -0.39 is 11.6 Å². The van der Waals surface area contributed by atoms with Crippen molar-refractivity contribution in [1.29, 1.82) is 0 Å². The van der Waals surface area contributed by atoms with Crippen molar-refractivity contribution in [3.8, 4) is 0 Å². The fourth-order valence-electron chi connectivity index (χ4n) is 2.23. The molecule has 1 atom stereocenters. The van der Waals surface area contributed by atoms with Gasteiger partial charge in [-0.2, -0.15) is 0 Å². The Kier molecular flexibility index (Phi) is 1.26. The van der Waals surface area contributed by atoms with Crippen LogP contribution in [-0.4, -0.2) is 17.5 Å². The van der Waals surface area contributed by atoms with Gasteiger partial charge in [0.05, 0.1) is 0 Å². The van der Waals surface area contributed by atoms with Crippen LogP contribution in [0.15, 0.2) is 0 Å². The molecule has 3 aliphatic heterocycles. The quantitative estimate of drug-likeness (QED) is 0.484. The minimum absolute atomic E-state index is 0.125. The van der Waals surface area contributed by atoms with Crippen molar-refractivity contribution < 1.29 is 9.59 Å². The van der Waals surface area contributed by atoms with Gasteiger partial charge in [0, 0.05) is 0 Å². The van der Waals surface area contributed by atoms with Crippen molar-refractivity contribution in [3.63, 3.8) is 0 Å². The van der Waals surface area contributed by atoms with Crippen LogP contribution in [0.2, 0.25) is 0 Å². The summed E-state index contributed by atoms with van der Waals surface area (Å²) in [5.74, 6) is -0.552. The van der Waals surface area contributed by atoms with E-state index in [1.165, 1.54) is 0 Å². The highest BCUT2D eigenvalue weighted by molar-refractivity contribution is 6.04. The van der Waals surface area contributed by atoms with E-state index in [4.69, 9.17) is 0 Å². The topological polar surface area (TPSA) is 58.2 Å². The first-order chi connectivity index (χ1) is 5.52. The SMILES string of the molecule is CC1CC2(C)NC(=O)C1C(=O)N2. The van der Waals surface area contributed by atoms with E-state index >= 15 is 0 Å². The maximum Gasteiger partial charge on any atom is 0.234 e. The molecule has 0 aliphatic carbocycles. The fourth-order valence-corrected chi connectivity index (χ4v) is 2.23. The molecule has 0 saturated carbocycles. The third kappa shape index (κ3) is 0.838. The molecule has 0 aromatic carbocycles. The van der Waals surface area contributed by atoms with Crippen LogP contribution in [-0.2, 0) is 9.59 Å². The average Bonchev–Trinajstić information content (AvgIpc) is 1.79. The molecule has 1 unspecified atom stereocenters. The van der Waals surface area contributed by atoms with Crippen molar-refractivity contribution in [1.82, 2.24) is 10.6 Å². The summed E-state index contributed by atoms with van der Waals surface area (Å²) in [7, 11) is 0. The Balaban J connectivity index is 2.37. The van der Waals surface area contributed by atoms with Gasteiger partial charge >= 0.3 is 0 Å². The van der Waals surface area contributed by atoms with E-state index in [1.807, 2.05) is 13.8 Å². The number of amides is 2. The van der Waals surface area contributed by atoms with E-state index in [1.54, 1.807) is 0 Å². The number of hydrogen-bond acceptors (Lipinski definition) is 2. The molecule has 0 radical (unpaired) electrons. The minimum atomic E-state index is -0.498. The van der Waals surface area contributed by atoms with Crippen LogP contribution in [0.4, 0.5) is 0 Å². The molecule has 0 aromatic rings. The van der Waals surface area contributed by atoms with Gasteiger partial charge in [0.1, 0.15) is 11.6 Å². The molecule has 3 fully saturated rings. The normalized spacial score (nSPS) is 45.5. The number of rotatable bonds is 0. The average molecular weight is 168 g/mol. The highest BCUT2D eigenvalue weighted by Gasteiger charge is 2.50. The largest absolute Gasteiger partial charge is 0.333 e. The second kappa shape index (κ2) is 2.00. The van der Waals surface area contributed by atoms with Crippen LogP contribution in [0.25, 0.3) is 0 Å². The Bertz CT molecular complexity index is 244. The lowest BCUT2D eigenvalue weighted by Gasteiger charge is -2.47. The Morgan fingerprint density at radius 2 is 1.83 bits per heavy atom. The van der Waals surface area contributed by atoms with E-state index in [-0.39, 0.29) is 17.7 Å². The smallest absolute Gasteiger partial charge is 0.234 e. The van der Waals surface area contributed by atoms with Gasteiger partial charge in [-0.05, 0) is 19.3 Å². The summed E-state index contributed by atoms with van der Waals surface area (Å²) in [6.45, 7) is 3.79. The Morgan fingerprint density at radius 3 is 2.17 bits per heavy atom. The van der Waals surface area contributed by atoms with Crippen LogP contribution in [0.1, 0.15) is 20.3 Å². The van der Waals surface area contributed by atoms with Crippen LogP contribution in [0.5, 0.6) is 0 Å². The van der Waals surface area contributed by atoms with Gasteiger partial charge in [-0.15, -0.1) is 0 Å². The molecule has 2 amide bonds. The highest BCUT2D eigenvalue weighted by atomic mass is 16.2. The zero-order chi connectivity index (χ0) is 8.93. The number of hydrogen-bond donors (Lipinski definition) is 2. The van der Waals surface area contributed by atoms with Crippen molar-refractivity contribution in [2.75, 3.05) is 0 Å². The molecule has 4 heteroatoms. The molecular formula is C8H12N2O2. The van der Waals surface area contributed by atoms with Crippen LogP contribution in [0.3, 0.4) is 0 Å². The highest BCUT2D eigenvalue weighted by Crippen LogP contribution is 2.32. The lowest BCUT2D eigenvalue weighted by molar-refractivity contribution is -0.151. The Labute approximate surface area is 70.7 Å². The summed E-state index contributed by atoms with van der Waals surface area (Å²) in [6.07, 6.45) is 0.829. The van der Waals surface area contributed by atoms with Crippen molar-refractivity contribution in [2.24, 2.45) is 11.8 Å². The first-order valence-electron chi connectivity index (χ1n) is 4.16. The van der Waals surface area contributed by atoms with Gasteiger partial charge < -0.3 is 10.6 Å². The lowest BCUT2D eigenvalue weighted by atomic mass is 9.76. The summed E-state index contributed by atoms with van der Waals surface area (Å²) in [5.41, 5.74) is -0.498. The summed E-state index contributed by atoms with van der Waals surface area (Å²) in [6, 6.07) is 0.